The molecule has 5 N–H and O–H groups in total. The Balaban J connectivity index is 6.08. The van der Waals surface area contributed by atoms with Crippen LogP contribution in [0.3, 0.4) is 0 Å². The van der Waals surface area contributed by atoms with Crippen LogP contribution in [0.4, 0.5) is 9.59 Å². The highest BCUT2D eigenvalue weighted by molar-refractivity contribution is 6.03. The summed E-state index contributed by atoms with van der Waals surface area (Å²) in [5.74, 6) is -1.22. The molecule has 0 aromatic heterocycles. The van der Waals surface area contributed by atoms with E-state index in [4.69, 9.17) is 5.73 Å². The third-order valence-electron chi connectivity index (χ3n) is 4.20. The average molecular weight is 400 g/mol. The Morgan fingerprint density at radius 2 is 1.57 bits per heavy atom. The predicted octanol–water partition coefficient (Wildman–Crippen LogP) is 1.71. The van der Waals surface area contributed by atoms with Gasteiger partial charge in [-0.15, -0.1) is 0 Å². The van der Waals surface area contributed by atoms with Crippen molar-refractivity contribution in [3.63, 3.8) is 0 Å². The summed E-state index contributed by atoms with van der Waals surface area (Å²) in [6.45, 7) is 11.6. The normalized spacial score (nSPS) is 13.0. The number of nitrogens with two attached hydrogens (primary N) is 1. The molecule has 0 heterocycles. The Morgan fingerprint density at radius 3 is 2.00 bits per heavy atom. The van der Waals surface area contributed by atoms with Gasteiger partial charge >= 0.3 is 12.1 Å². The van der Waals surface area contributed by atoms with E-state index in [9.17, 15) is 19.2 Å². The highest BCUT2D eigenvalue weighted by Crippen LogP contribution is 2.26. The smallest absolute Gasteiger partial charge is 0.326 e. The lowest BCUT2D eigenvalue weighted by Crippen LogP contribution is -2.67. The van der Waals surface area contributed by atoms with E-state index in [1.807, 2.05) is 20.8 Å². The van der Waals surface area contributed by atoms with Gasteiger partial charge in [0, 0.05) is 19.1 Å². The first-order valence-corrected chi connectivity index (χ1v) is 9.96. The van der Waals surface area contributed by atoms with Crippen molar-refractivity contribution < 1.29 is 19.2 Å². The first-order valence-electron chi connectivity index (χ1n) is 9.96. The largest absolute Gasteiger partial charge is 0.370 e. The zero-order valence-corrected chi connectivity index (χ0v) is 18.1. The van der Waals surface area contributed by atoms with Gasteiger partial charge in [0.25, 0.3) is 0 Å². The number of amides is 6. The number of primary amides is 1. The molecular weight excluding hydrogens is 362 g/mol. The van der Waals surface area contributed by atoms with Crippen molar-refractivity contribution in [2.24, 2.45) is 11.7 Å². The number of hydrogen-bond acceptors (Lipinski definition) is 4. The summed E-state index contributed by atoms with van der Waals surface area (Å²) < 4.78 is 0. The summed E-state index contributed by atoms with van der Waals surface area (Å²) in [5.41, 5.74) is 3.68. The van der Waals surface area contributed by atoms with Crippen LogP contribution in [0.15, 0.2) is 0 Å². The summed E-state index contributed by atoms with van der Waals surface area (Å²) in [7, 11) is 0. The van der Waals surface area contributed by atoms with E-state index in [0.29, 0.717) is 13.1 Å². The molecule has 0 radical (unpaired) electrons. The fourth-order valence-corrected chi connectivity index (χ4v) is 2.69. The number of nitrogens with one attached hydrogen (secondary N) is 3. The lowest BCUT2D eigenvalue weighted by atomic mass is 9.88. The molecule has 0 aliphatic rings. The molecule has 0 aromatic rings. The highest BCUT2D eigenvalue weighted by atomic mass is 16.2. The van der Waals surface area contributed by atoms with Gasteiger partial charge < -0.3 is 21.7 Å². The number of carbonyl (C=O) groups excluding carboxylic acids is 4. The first-order chi connectivity index (χ1) is 13.0. The minimum absolute atomic E-state index is 0.0464. The van der Waals surface area contributed by atoms with E-state index >= 15 is 0 Å². The van der Waals surface area contributed by atoms with Crippen molar-refractivity contribution in [2.45, 2.75) is 78.8 Å². The molecule has 0 aromatic carbocycles. The van der Waals surface area contributed by atoms with Gasteiger partial charge in [0.1, 0.15) is 5.54 Å². The fourth-order valence-electron chi connectivity index (χ4n) is 2.69. The quantitative estimate of drug-likeness (QED) is 0.394. The molecule has 9 heteroatoms. The van der Waals surface area contributed by atoms with E-state index in [1.54, 1.807) is 20.8 Å². The Hall–Kier alpha value is -2.32. The maximum absolute atomic E-state index is 13.0. The lowest BCUT2D eigenvalue weighted by molar-refractivity contribution is -0.135. The molecule has 0 saturated carbocycles. The van der Waals surface area contributed by atoms with Crippen molar-refractivity contribution in [1.29, 1.82) is 0 Å². The summed E-state index contributed by atoms with van der Waals surface area (Å²) in [5, 5.41) is 8.05. The van der Waals surface area contributed by atoms with Crippen LogP contribution in [0.1, 0.15) is 67.2 Å². The zero-order valence-electron chi connectivity index (χ0n) is 18.1. The third kappa shape index (κ3) is 7.74. The zero-order chi connectivity index (χ0) is 21.9. The van der Waals surface area contributed by atoms with Crippen molar-refractivity contribution in [1.82, 2.24) is 20.9 Å². The molecule has 162 valence electrons. The summed E-state index contributed by atoms with van der Waals surface area (Å²) in [6.07, 6.45) is 1.16. The highest BCUT2D eigenvalue weighted by Gasteiger charge is 2.49. The second-order valence-corrected chi connectivity index (χ2v) is 7.66. The molecule has 0 rings (SSSR count). The maximum atomic E-state index is 13.0. The molecule has 0 aliphatic heterocycles. The molecule has 6 amide bonds. The standard InChI is InChI=1S/C19H37N5O4/c1-7-9-10-21-17(27)24(18(28)22-12-13(3)4)19(8-2,11-15(20)25)16(26)23-14(5)6/h13-14H,7-12H2,1-6H3,(H2,20,25)(H,21,27)(H,22,28)(H,23,26). The van der Waals surface area contributed by atoms with Gasteiger partial charge in [-0.3, -0.25) is 9.59 Å². The van der Waals surface area contributed by atoms with Gasteiger partial charge in [-0.25, -0.2) is 14.5 Å². The predicted molar refractivity (Wildman–Crippen MR) is 108 cm³/mol. The van der Waals surface area contributed by atoms with Crippen LogP contribution in [0.2, 0.25) is 0 Å². The van der Waals surface area contributed by atoms with E-state index in [0.717, 1.165) is 17.7 Å². The minimum Gasteiger partial charge on any atom is -0.370 e. The van der Waals surface area contributed by atoms with Crippen LogP contribution in [0.5, 0.6) is 0 Å². The number of imide groups is 1. The van der Waals surface area contributed by atoms with Crippen LogP contribution >= 0.6 is 0 Å². The molecule has 28 heavy (non-hydrogen) atoms. The third-order valence-corrected chi connectivity index (χ3v) is 4.20. The second kappa shape index (κ2) is 12.2. The fraction of sp³-hybridized carbons (Fsp3) is 0.789. The van der Waals surface area contributed by atoms with Crippen LogP contribution < -0.4 is 21.7 Å². The minimum atomic E-state index is -1.71. The Labute approximate surface area is 168 Å². The molecule has 9 nitrogen and oxygen atoms in total. The first kappa shape index (κ1) is 25.7. The number of rotatable bonds is 11. The number of nitrogens with zero attached hydrogens (tertiary/aromatic N) is 1. The Bertz CT molecular complexity index is 550. The monoisotopic (exact) mass is 399 g/mol. The van der Waals surface area contributed by atoms with E-state index in [-0.39, 0.29) is 18.4 Å². The van der Waals surface area contributed by atoms with Crippen LogP contribution in [0.25, 0.3) is 0 Å². The topological polar surface area (TPSA) is 134 Å². The Morgan fingerprint density at radius 1 is 1.00 bits per heavy atom. The van der Waals surface area contributed by atoms with Gasteiger partial charge in [0.15, 0.2) is 0 Å². The van der Waals surface area contributed by atoms with Crippen molar-refractivity contribution in [3.05, 3.63) is 0 Å². The molecule has 0 saturated heterocycles. The molecule has 1 atom stereocenters. The molecule has 0 bridgehead atoms. The number of hydrogen-bond donors (Lipinski definition) is 4. The van der Waals surface area contributed by atoms with E-state index < -0.39 is 35.8 Å². The maximum Gasteiger partial charge on any atom is 0.326 e. The Kier molecular flexibility index (Phi) is 11.2. The number of urea groups is 2. The van der Waals surface area contributed by atoms with E-state index in [2.05, 4.69) is 16.0 Å². The molecule has 0 aliphatic carbocycles. The molecule has 1 unspecified atom stereocenters. The summed E-state index contributed by atoms with van der Waals surface area (Å²) in [6, 6.07) is -1.70. The second-order valence-electron chi connectivity index (χ2n) is 7.66. The van der Waals surface area contributed by atoms with Gasteiger partial charge in [-0.05, 0) is 32.6 Å². The van der Waals surface area contributed by atoms with Crippen molar-refractivity contribution >= 4 is 23.9 Å². The number of unbranched alkanes of at least 4 members (excludes halogenated alkanes) is 1. The summed E-state index contributed by atoms with van der Waals surface area (Å²) in [4.78, 5) is 51.5. The van der Waals surface area contributed by atoms with E-state index in [1.165, 1.54) is 0 Å². The van der Waals surface area contributed by atoms with Crippen LogP contribution in [-0.4, -0.2) is 53.4 Å². The van der Waals surface area contributed by atoms with Gasteiger partial charge in [0.2, 0.25) is 11.8 Å². The van der Waals surface area contributed by atoms with Crippen LogP contribution in [0, 0.1) is 5.92 Å². The lowest BCUT2D eigenvalue weighted by Gasteiger charge is -2.40. The van der Waals surface area contributed by atoms with Crippen LogP contribution in [-0.2, 0) is 9.59 Å². The van der Waals surface area contributed by atoms with Gasteiger partial charge in [-0.1, -0.05) is 34.1 Å². The summed E-state index contributed by atoms with van der Waals surface area (Å²) >= 11 is 0. The van der Waals surface area contributed by atoms with Crippen molar-refractivity contribution in [2.75, 3.05) is 13.1 Å². The van der Waals surface area contributed by atoms with Gasteiger partial charge in [0.05, 0.1) is 6.42 Å². The molecular formula is C19H37N5O4. The molecule has 0 spiro atoms. The van der Waals surface area contributed by atoms with Gasteiger partial charge in [-0.2, -0.15) is 0 Å². The number of carbonyl (C=O) groups is 4. The molecule has 0 fully saturated rings. The van der Waals surface area contributed by atoms with Crippen molar-refractivity contribution in [3.8, 4) is 0 Å². The SMILES string of the molecule is CCCCNC(=O)N(C(=O)NCC(C)C)C(CC)(CC(N)=O)C(=O)NC(C)C. The average Bonchev–Trinajstić information content (AvgIpc) is 2.58.